The Bertz CT molecular complexity index is 1190. The fourth-order valence-electron chi connectivity index (χ4n) is 2.98. The molecule has 146 valence electrons. The molecule has 4 aromatic rings. The Labute approximate surface area is 163 Å². The molecule has 0 bridgehead atoms. The first-order valence-electron chi connectivity index (χ1n) is 8.64. The van der Waals surface area contributed by atoms with Crippen molar-refractivity contribution in [2.75, 3.05) is 5.32 Å². The molecule has 0 atom stereocenters. The van der Waals surface area contributed by atoms with Crippen LogP contribution in [0.25, 0.3) is 22.4 Å². The molecule has 0 fully saturated rings. The number of hydrogen-bond donors (Lipinski definition) is 1. The van der Waals surface area contributed by atoms with Crippen LogP contribution in [-0.2, 0) is 6.18 Å². The summed E-state index contributed by atoms with van der Waals surface area (Å²) in [5.74, 6) is -0.423. The zero-order valence-corrected chi connectivity index (χ0v) is 15.1. The van der Waals surface area contributed by atoms with Crippen molar-refractivity contribution in [3.63, 3.8) is 0 Å². The molecule has 0 radical (unpaired) electrons. The van der Waals surface area contributed by atoms with E-state index in [1.54, 1.807) is 31.3 Å². The highest BCUT2D eigenvalue weighted by atomic mass is 19.4. The molecule has 8 heteroatoms. The van der Waals surface area contributed by atoms with Crippen molar-refractivity contribution in [3.8, 4) is 11.4 Å². The lowest BCUT2D eigenvalue weighted by Crippen LogP contribution is -2.04. The van der Waals surface area contributed by atoms with E-state index in [0.717, 1.165) is 18.3 Å². The average Bonchev–Trinajstić information content (AvgIpc) is 2.67. The fourth-order valence-corrected chi connectivity index (χ4v) is 2.98. The summed E-state index contributed by atoms with van der Waals surface area (Å²) >= 11 is 0. The van der Waals surface area contributed by atoms with Gasteiger partial charge in [-0.2, -0.15) is 13.2 Å². The number of hydrogen-bond acceptors (Lipinski definition) is 4. The third kappa shape index (κ3) is 3.87. The van der Waals surface area contributed by atoms with E-state index in [4.69, 9.17) is 0 Å². The van der Waals surface area contributed by atoms with Gasteiger partial charge in [-0.3, -0.25) is 4.98 Å². The molecule has 0 aliphatic heterocycles. The summed E-state index contributed by atoms with van der Waals surface area (Å²) in [6, 6.07) is 11.4. The smallest absolute Gasteiger partial charge is 0.355 e. The molecule has 3 aromatic heterocycles. The summed E-state index contributed by atoms with van der Waals surface area (Å²) in [6.45, 7) is 1.74. The lowest BCUT2D eigenvalue weighted by molar-refractivity contribution is -0.137. The van der Waals surface area contributed by atoms with Crippen molar-refractivity contribution < 1.29 is 17.6 Å². The largest absolute Gasteiger partial charge is 0.416 e. The molecular formula is C21H14F4N4. The molecule has 4 nitrogen and oxygen atoms in total. The van der Waals surface area contributed by atoms with Gasteiger partial charge in [-0.1, -0.05) is 0 Å². The third-order valence-electron chi connectivity index (χ3n) is 4.38. The van der Waals surface area contributed by atoms with Gasteiger partial charge in [0.25, 0.3) is 0 Å². The summed E-state index contributed by atoms with van der Waals surface area (Å²) in [5.41, 5.74) is 2.63. The molecule has 3 heterocycles. The van der Waals surface area contributed by atoms with Crippen molar-refractivity contribution >= 4 is 22.4 Å². The van der Waals surface area contributed by atoms with Crippen molar-refractivity contribution in [1.82, 2.24) is 15.0 Å². The summed E-state index contributed by atoms with van der Waals surface area (Å²) < 4.78 is 51.5. The lowest BCUT2D eigenvalue weighted by atomic mass is 10.1. The normalized spacial score (nSPS) is 11.6. The highest BCUT2D eigenvalue weighted by molar-refractivity contribution is 5.91. The Morgan fingerprint density at radius 2 is 1.69 bits per heavy atom. The predicted octanol–water partition coefficient (Wildman–Crippen LogP) is 5.90. The van der Waals surface area contributed by atoms with Crippen LogP contribution in [0.15, 0.2) is 60.9 Å². The fraction of sp³-hybridized carbons (Fsp3) is 0.0952. The summed E-state index contributed by atoms with van der Waals surface area (Å²) in [6.07, 6.45) is -1.70. The maximum atomic E-state index is 13.3. The molecule has 1 N–H and O–H groups in total. The van der Waals surface area contributed by atoms with Crippen LogP contribution in [0.1, 0.15) is 11.1 Å². The van der Waals surface area contributed by atoms with Crippen LogP contribution in [0, 0.1) is 12.7 Å². The highest BCUT2D eigenvalue weighted by Crippen LogP contribution is 2.31. The first-order chi connectivity index (χ1) is 13.8. The minimum atomic E-state index is -4.38. The van der Waals surface area contributed by atoms with Crippen molar-refractivity contribution in [2.24, 2.45) is 0 Å². The molecule has 0 aliphatic rings. The molecule has 0 saturated carbocycles. The van der Waals surface area contributed by atoms with Gasteiger partial charge < -0.3 is 5.32 Å². The maximum Gasteiger partial charge on any atom is 0.416 e. The number of nitrogens with one attached hydrogen (secondary N) is 1. The second kappa shape index (κ2) is 7.12. The Hall–Kier alpha value is -3.55. The number of fused-ring (bicyclic) bond motifs is 1. The number of halogens is 4. The zero-order chi connectivity index (χ0) is 20.6. The maximum absolute atomic E-state index is 13.3. The second-order valence-corrected chi connectivity index (χ2v) is 6.45. The Kier molecular flexibility index (Phi) is 4.62. The Morgan fingerprint density at radius 3 is 2.38 bits per heavy atom. The van der Waals surface area contributed by atoms with Gasteiger partial charge in [0.05, 0.1) is 28.8 Å². The van der Waals surface area contributed by atoms with Crippen LogP contribution < -0.4 is 5.32 Å². The number of aryl methyl sites for hydroxylation is 1. The molecule has 0 spiro atoms. The quantitative estimate of drug-likeness (QED) is 0.437. The summed E-state index contributed by atoms with van der Waals surface area (Å²) in [4.78, 5) is 12.9. The minimum Gasteiger partial charge on any atom is -0.355 e. The Balaban J connectivity index is 1.68. The molecule has 29 heavy (non-hydrogen) atoms. The van der Waals surface area contributed by atoms with Crippen LogP contribution in [-0.4, -0.2) is 15.0 Å². The number of benzene rings is 1. The van der Waals surface area contributed by atoms with Crippen LogP contribution in [0.2, 0.25) is 0 Å². The molecule has 0 amide bonds. The zero-order valence-electron chi connectivity index (χ0n) is 15.1. The SMILES string of the molecule is Cc1cc(F)cnc1-c1ccc2c(Nc3ccc(C(F)(F)F)cc3)ccnc2n1. The Morgan fingerprint density at radius 1 is 0.931 bits per heavy atom. The van der Waals surface area contributed by atoms with E-state index in [1.807, 2.05) is 0 Å². The van der Waals surface area contributed by atoms with Gasteiger partial charge in [0.1, 0.15) is 5.82 Å². The van der Waals surface area contributed by atoms with Gasteiger partial charge in [0.2, 0.25) is 0 Å². The monoisotopic (exact) mass is 398 g/mol. The lowest BCUT2D eigenvalue weighted by Gasteiger charge is -2.12. The third-order valence-corrected chi connectivity index (χ3v) is 4.38. The number of pyridine rings is 3. The van der Waals surface area contributed by atoms with Crippen LogP contribution in [0.3, 0.4) is 0 Å². The first-order valence-corrected chi connectivity index (χ1v) is 8.64. The summed E-state index contributed by atoms with van der Waals surface area (Å²) in [5, 5.41) is 3.78. The molecular weight excluding hydrogens is 384 g/mol. The van der Waals surface area contributed by atoms with Crippen molar-refractivity contribution in [2.45, 2.75) is 13.1 Å². The predicted molar refractivity (Wildman–Crippen MR) is 102 cm³/mol. The van der Waals surface area contributed by atoms with Crippen molar-refractivity contribution in [1.29, 1.82) is 0 Å². The van der Waals surface area contributed by atoms with Crippen LogP contribution >= 0.6 is 0 Å². The van der Waals surface area contributed by atoms with E-state index in [0.29, 0.717) is 39.4 Å². The molecule has 0 aliphatic carbocycles. The van der Waals surface area contributed by atoms with Gasteiger partial charge in [-0.05, 0) is 61.0 Å². The first kappa shape index (κ1) is 18.8. The number of rotatable bonds is 3. The molecule has 1 aromatic carbocycles. The number of nitrogens with zero attached hydrogens (tertiary/aromatic N) is 3. The van der Waals surface area contributed by atoms with Crippen LogP contribution in [0.4, 0.5) is 28.9 Å². The van der Waals surface area contributed by atoms with E-state index in [1.165, 1.54) is 18.2 Å². The molecule has 0 unspecified atom stereocenters. The number of anilines is 2. The van der Waals surface area contributed by atoms with E-state index in [2.05, 4.69) is 20.3 Å². The van der Waals surface area contributed by atoms with Gasteiger partial charge in [0, 0.05) is 17.3 Å². The summed E-state index contributed by atoms with van der Waals surface area (Å²) in [7, 11) is 0. The van der Waals surface area contributed by atoms with Gasteiger partial charge >= 0.3 is 6.18 Å². The van der Waals surface area contributed by atoms with Gasteiger partial charge in [-0.25, -0.2) is 14.4 Å². The standard InChI is InChI=1S/C21H14F4N4/c1-12-10-14(22)11-27-19(12)18-7-6-16-17(8-9-26-20(16)29-18)28-15-4-2-13(3-5-15)21(23,24)25/h2-11H,1H3,(H,26,28,29). The topological polar surface area (TPSA) is 50.7 Å². The van der Waals surface area contributed by atoms with Crippen LogP contribution in [0.5, 0.6) is 0 Å². The van der Waals surface area contributed by atoms with Crippen molar-refractivity contribution in [3.05, 3.63) is 77.9 Å². The number of aromatic nitrogens is 3. The number of alkyl halides is 3. The van der Waals surface area contributed by atoms with Gasteiger partial charge in [-0.15, -0.1) is 0 Å². The van der Waals surface area contributed by atoms with E-state index >= 15 is 0 Å². The van der Waals surface area contributed by atoms with E-state index in [9.17, 15) is 17.6 Å². The van der Waals surface area contributed by atoms with Gasteiger partial charge in [0.15, 0.2) is 5.65 Å². The average molecular weight is 398 g/mol. The van der Waals surface area contributed by atoms with E-state index < -0.39 is 17.6 Å². The minimum absolute atomic E-state index is 0.423. The highest BCUT2D eigenvalue weighted by Gasteiger charge is 2.29. The molecule has 0 saturated heterocycles. The molecule has 4 rings (SSSR count). The second-order valence-electron chi connectivity index (χ2n) is 6.45. The van der Waals surface area contributed by atoms with E-state index in [-0.39, 0.29) is 0 Å².